The molecule has 122 valence electrons. The van der Waals surface area contributed by atoms with E-state index in [2.05, 4.69) is 15.9 Å². The highest BCUT2D eigenvalue weighted by molar-refractivity contribution is 9.10. The number of carbonyl (C=O) groups is 3. The van der Waals surface area contributed by atoms with Gasteiger partial charge in [-0.1, -0.05) is 25.3 Å². The Morgan fingerprint density at radius 3 is 2.43 bits per heavy atom. The van der Waals surface area contributed by atoms with Crippen LogP contribution in [-0.4, -0.2) is 33.7 Å². The molecule has 1 heterocycles. The molecule has 3 rings (SSSR count). The fourth-order valence-electron chi connectivity index (χ4n) is 3.14. The zero-order chi connectivity index (χ0) is 16.6. The van der Waals surface area contributed by atoms with E-state index in [9.17, 15) is 18.8 Å². The summed E-state index contributed by atoms with van der Waals surface area (Å²) in [6, 6.07) is 3.51. The Bertz CT molecular complexity index is 673. The normalized spacial score (nSPS) is 19.8. The molecule has 0 bridgehead atoms. The summed E-state index contributed by atoms with van der Waals surface area (Å²) in [5, 5.41) is 0. The lowest BCUT2D eigenvalue weighted by Crippen LogP contribution is -2.42. The molecule has 1 aromatic rings. The zero-order valence-corrected chi connectivity index (χ0v) is 14.0. The van der Waals surface area contributed by atoms with Crippen LogP contribution in [0.1, 0.15) is 37.7 Å². The third kappa shape index (κ3) is 3.02. The van der Waals surface area contributed by atoms with Gasteiger partial charge in [-0.3, -0.25) is 19.4 Å². The van der Waals surface area contributed by atoms with Crippen molar-refractivity contribution in [3.05, 3.63) is 34.1 Å². The van der Waals surface area contributed by atoms with E-state index in [0.717, 1.165) is 41.9 Å². The van der Waals surface area contributed by atoms with Crippen LogP contribution >= 0.6 is 15.9 Å². The fraction of sp³-hybridized carbons (Fsp3) is 0.438. The third-order valence-corrected chi connectivity index (χ3v) is 4.96. The maximum atomic E-state index is 13.3. The topological polar surface area (TPSA) is 57.7 Å². The van der Waals surface area contributed by atoms with Crippen molar-refractivity contribution in [2.24, 2.45) is 0 Å². The number of imide groups is 2. The van der Waals surface area contributed by atoms with Crippen LogP contribution in [0.3, 0.4) is 0 Å². The standard InChI is InChI=1S/C16H16BrFN2O3/c17-12-8-10(6-7-13(12)18)9-19-14(21)15(22)20(16(19)23)11-4-2-1-3-5-11/h6-8,11H,1-5,9H2. The molecule has 0 spiro atoms. The molecule has 7 heteroatoms. The molecule has 5 nitrogen and oxygen atoms in total. The van der Waals surface area contributed by atoms with Gasteiger partial charge >= 0.3 is 17.8 Å². The van der Waals surface area contributed by atoms with Crippen LogP contribution in [0.15, 0.2) is 22.7 Å². The first kappa shape index (κ1) is 16.1. The van der Waals surface area contributed by atoms with Crippen LogP contribution in [0.2, 0.25) is 0 Å². The minimum absolute atomic E-state index is 0.0362. The van der Waals surface area contributed by atoms with Crippen LogP contribution in [0, 0.1) is 5.82 Å². The highest BCUT2D eigenvalue weighted by Crippen LogP contribution is 2.28. The largest absolute Gasteiger partial charge is 0.334 e. The molecule has 2 fully saturated rings. The summed E-state index contributed by atoms with van der Waals surface area (Å²) < 4.78 is 13.5. The van der Waals surface area contributed by atoms with E-state index in [1.54, 1.807) is 0 Å². The highest BCUT2D eigenvalue weighted by Gasteiger charge is 2.47. The van der Waals surface area contributed by atoms with E-state index in [1.807, 2.05) is 0 Å². The van der Waals surface area contributed by atoms with Gasteiger partial charge in [0.25, 0.3) is 0 Å². The van der Waals surface area contributed by atoms with E-state index in [-0.39, 0.29) is 17.1 Å². The molecule has 0 aromatic heterocycles. The number of rotatable bonds is 3. The Balaban J connectivity index is 1.79. The molecule has 0 atom stereocenters. The number of hydrogen-bond donors (Lipinski definition) is 0. The second-order valence-electron chi connectivity index (χ2n) is 5.89. The summed E-state index contributed by atoms with van der Waals surface area (Å²) in [6.45, 7) is -0.0362. The molecule has 1 saturated heterocycles. The Kier molecular flexibility index (Phi) is 4.48. The summed E-state index contributed by atoms with van der Waals surface area (Å²) in [5.41, 5.74) is 0.582. The zero-order valence-electron chi connectivity index (χ0n) is 12.4. The lowest BCUT2D eigenvalue weighted by Gasteiger charge is -2.28. The summed E-state index contributed by atoms with van der Waals surface area (Å²) in [6.07, 6.45) is 4.51. The summed E-state index contributed by atoms with van der Waals surface area (Å²) in [4.78, 5) is 38.9. The molecule has 1 aromatic carbocycles. The van der Waals surface area contributed by atoms with Crippen LogP contribution in [0.4, 0.5) is 9.18 Å². The van der Waals surface area contributed by atoms with Crippen molar-refractivity contribution >= 4 is 33.8 Å². The number of hydrogen-bond acceptors (Lipinski definition) is 3. The van der Waals surface area contributed by atoms with Gasteiger partial charge < -0.3 is 0 Å². The number of amides is 4. The van der Waals surface area contributed by atoms with E-state index in [4.69, 9.17) is 0 Å². The Labute approximate surface area is 141 Å². The fourth-order valence-corrected chi connectivity index (χ4v) is 3.57. The average Bonchev–Trinajstić information content (AvgIpc) is 2.75. The number of halogens is 2. The van der Waals surface area contributed by atoms with Gasteiger partial charge in [0.2, 0.25) is 0 Å². The number of nitrogens with zero attached hydrogens (tertiary/aromatic N) is 2. The first-order valence-corrected chi connectivity index (χ1v) is 8.41. The van der Waals surface area contributed by atoms with Crippen LogP contribution in [-0.2, 0) is 16.1 Å². The van der Waals surface area contributed by atoms with Crippen molar-refractivity contribution in [3.8, 4) is 0 Å². The van der Waals surface area contributed by atoms with Gasteiger partial charge in [-0.2, -0.15) is 0 Å². The summed E-state index contributed by atoms with van der Waals surface area (Å²) in [7, 11) is 0. The Morgan fingerprint density at radius 1 is 1.09 bits per heavy atom. The first-order chi connectivity index (χ1) is 11.0. The summed E-state index contributed by atoms with van der Waals surface area (Å²) >= 11 is 3.07. The molecule has 0 unspecified atom stereocenters. The van der Waals surface area contributed by atoms with Gasteiger partial charge in [0.1, 0.15) is 5.82 Å². The predicted molar refractivity (Wildman–Crippen MR) is 83.8 cm³/mol. The van der Waals surface area contributed by atoms with E-state index >= 15 is 0 Å². The highest BCUT2D eigenvalue weighted by atomic mass is 79.9. The van der Waals surface area contributed by atoms with Crippen LogP contribution in [0.5, 0.6) is 0 Å². The monoisotopic (exact) mass is 382 g/mol. The molecular weight excluding hydrogens is 367 g/mol. The van der Waals surface area contributed by atoms with Crippen molar-refractivity contribution in [2.75, 3.05) is 0 Å². The summed E-state index contributed by atoms with van der Waals surface area (Å²) in [5.74, 6) is -1.98. The van der Waals surface area contributed by atoms with E-state index < -0.39 is 23.7 Å². The molecular formula is C16H16BrFN2O3. The molecule has 1 aliphatic carbocycles. The second-order valence-corrected chi connectivity index (χ2v) is 6.74. The molecule has 23 heavy (non-hydrogen) atoms. The Morgan fingerprint density at radius 2 is 1.78 bits per heavy atom. The lowest BCUT2D eigenvalue weighted by atomic mass is 9.94. The van der Waals surface area contributed by atoms with Crippen molar-refractivity contribution in [3.63, 3.8) is 0 Å². The molecule has 0 N–H and O–H groups in total. The number of carbonyl (C=O) groups excluding carboxylic acids is 3. The maximum absolute atomic E-state index is 13.3. The number of urea groups is 1. The predicted octanol–water partition coefficient (Wildman–Crippen LogP) is 3.21. The van der Waals surface area contributed by atoms with Gasteiger partial charge in [0, 0.05) is 6.04 Å². The third-order valence-electron chi connectivity index (χ3n) is 4.35. The van der Waals surface area contributed by atoms with Crippen molar-refractivity contribution in [1.29, 1.82) is 0 Å². The smallest absolute Gasteiger partial charge is 0.263 e. The van der Waals surface area contributed by atoms with Crippen molar-refractivity contribution in [1.82, 2.24) is 9.80 Å². The van der Waals surface area contributed by atoms with Gasteiger partial charge in [-0.25, -0.2) is 9.18 Å². The van der Waals surface area contributed by atoms with Crippen molar-refractivity contribution < 1.29 is 18.8 Å². The van der Waals surface area contributed by atoms with E-state index in [1.165, 1.54) is 18.2 Å². The minimum atomic E-state index is -0.805. The average molecular weight is 383 g/mol. The molecule has 4 amide bonds. The van der Waals surface area contributed by atoms with E-state index in [0.29, 0.717) is 5.56 Å². The molecule has 2 aliphatic rings. The van der Waals surface area contributed by atoms with Gasteiger partial charge in [-0.05, 0) is 46.5 Å². The second kappa shape index (κ2) is 6.39. The SMILES string of the molecule is O=C1C(=O)N(C2CCCCC2)C(=O)N1Cc1ccc(F)c(Br)c1. The van der Waals surface area contributed by atoms with Crippen LogP contribution < -0.4 is 0 Å². The quantitative estimate of drug-likeness (QED) is 0.595. The van der Waals surface area contributed by atoms with Gasteiger partial charge in [0.15, 0.2) is 0 Å². The maximum Gasteiger partial charge on any atom is 0.334 e. The lowest BCUT2D eigenvalue weighted by molar-refractivity contribution is -0.144. The molecule has 1 aliphatic heterocycles. The first-order valence-electron chi connectivity index (χ1n) is 7.62. The van der Waals surface area contributed by atoms with Crippen molar-refractivity contribution in [2.45, 2.75) is 44.7 Å². The molecule has 0 radical (unpaired) electrons. The van der Waals surface area contributed by atoms with Gasteiger partial charge in [0.05, 0.1) is 11.0 Å². The Hall–Kier alpha value is -1.76. The number of benzene rings is 1. The van der Waals surface area contributed by atoms with Gasteiger partial charge in [-0.15, -0.1) is 0 Å². The minimum Gasteiger partial charge on any atom is -0.263 e. The molecule has 1 saturated carbocycles. The van der Waals surface area contributed by atoms with Crippen LogP contribution in [0.25, 0.3) is 0 Å².